The molecule has 0 bridgehead atoms. The van der Waals surface area contributed by atoms with Crippen LogP contribution in [0.3, 0.4) is 0 Å². The van der Waals surface area contributed by atoms with Crippen LogP contribution in [0.5, 0.6) is 5.75 Å². The Balaban J connectivity index is 1.02. The number of amides is 1. The maximum absolute atomic E-state index is 12.6. The third-order valence-corrected chi connectivity index (χ3v) is 9.42. The second kappa shape index (κ2) is 13.6. The first-order chi connectivity index (χ1) is 19.4. The Hall–Kier alpha value is -2.96. The van der Waals surface area contributed by atoms with E-state index >= 15 is 0 Å². The van der Waals surface area contributed by atoms with Crippen LogP contribution in [0.2, 0.25) is 0 Å². The molecule has 2 atom stereocenters. The lowest BCUT2D eigenvalue weighted by molar-refractivity contribution is -0.113. The summed E-state index contributed by atoms with van der Waals surface area (Å²) in [6, 6.07) is 12.8. The topological polar surface area (TPSA) is 108 Å². The van der Waals surface area contributed by atoms with E-state index in [2.05, 4.69) is 79.8 Å². The average Bonchev–Trinajstić information content (AvgIpc) is 3.62. The highest BCUT2D eigenvalue weighted by atomic mass is 32.2. The lowest BCUT2D eigenvalue weighted by Crippen LogP contribution is -2.37. The summed E-state index contributed by atoms with van der Waals surface area (Å²) in [7, 11) is 0. The number of hydrogen-bond donors (Lipinski definition) is 2. The Bertz CT molecular complexity index is 1240. The summed E-state index contributed by atoms with van der Waals surface area (Å²) in [4.78, 5) is 17.4. The molecule has 1 aromatic carbocycles. The Labute approximate surface area is 244 Å². The maximum Gasteiger partial charge on any atom is 0.236 e. The molecule has 0 saturated carbocycles. The molecule has 2 aliphatic rings. The molecule has 0 unspecified atom stereocenters. The summed E-state index contributed by atoms with van der Waals surface area (Å²) in [6.45, 7) is 10.1. The van der Waals surface area contributed by atoms with Gasteiger partial charge in [0.1, 0.15) is 5.75 Å². The molecule has 0 spiro atoms. The highest BCUT2D eigenvalue weighted by Gasteiger charge is 2.27. The lowest BCUT2D eigenvalue weighted by Gasteiger charge is -2.36. The third kappa shape index (κ3) is 7.61. The van der Waals surface area contributed by atoms with E-state index in [1.54, 1.807) is 18.0 Å². The molecular formula is C28H38N8O2S2. The molecule has 2 saturated heterocycles. The zero-order valence-corrected chi connectivity index (χ0v) is 25.0. The van der Waals surface area contributed by atoms with Crippen molar-refractivity contribution in [3.05, 3.63) is 48.2 Å². The number of rotatable bonds is 11. The molecule has 0 radical (unpaired) electrons. The van der Waals surface area contributed by atoms with E-state index in [4.69, 9.17) is 4.74 Å². The van der Waals surface area contributed by atoms with E-state index in [1.807, 2.05) is 18.2 Å². The smallest absolute Gasteiger partial charge is 0.236 e. The van der Waals surface area contributed by atoms with Gasteiger partial charge in [0.15, 0.2) is 5.82 Å². The van der Waals surface area contributed by atoms with Crippen LogP contribution in [0, 0.1) is 0 Å². The van der Waals surface area contributed by atoms with Crippen LogP contribution in [-0.2, 0) is 4.79 Å². The van der Waals surface area contributed by atoms with E-state index in [0.717, 1.165) is 62.1 Å². The predicted octanol–water partition coefficient (Wildman–Crippen LogP) is 4.70. The second-order valence-electron chi connectivity index (χ2n) is 10.5. The SMILES string of the molecule is CC(C)Oc1ccccc1[C@@H](C)N1CCC(SCC(=O)Nc2nnc(N[C@@H]3CCN(c4cccnn4)C3)s2)CC1. The molecule has 2 N–H and O–H groups in total. The number of ether oxygens (including phenoxy) is 1. The van der Waals surface area contributed by atoms with Gasteiger partial charge in [0.25, 0.3) is 0 Å². The van der Waals surface area contributed by atoms with Gasteiger partial charge in [-0.3, -0.25) is 15.0 Å². The number of hydrogen-bond acceptors (Lipinski definition) is 11. The molecule has 40 heavy (non-hydrogen) atoms. The standard InChI is InChI=1S/C28H38N8O2S2/c1-19(2)38-24-8-5-4-7-23(24)20(3)35-15-11-22(12-16-35)39-18-26(37)31-28-34-33-27(40-28)30-21-10-14-36(17-21)25-9-6-13-29-32-25/h4-9,13,19-22H,10-12,14-18H2,1-3H3,(H,30,33)(H,31,34,37)/t20-,21-/m1/s1. The summed E-state index contributed by atoms with van der Waals surface area (Å²) in [6.07, 6.45) is 4.94. The van der Waals surface area contributed by atoms with Crippen molar-refractivity contribution in [1.29, 1.82) is 0 Å². The van der Waals surface area contributed by atoms with Crippen molar-refractivity contribution in [1.82, 2.24) is 25.3 Å². The highest BCUT2D eigenvalue weighted by molar-refractivity contribution is 8.00. The molecule has 3 aromatic rings. The normalized spacial score (nSPS) is 19.1. The number of carbonyl (C=O) groups is 1. The van der Waals surface area contributed by atoms with Crippen LogP contribution in [0.25, 0.3) is 0 Å². The second-order valence-corrected chi connectivity index (χ2v) is 12.8. The summed E-state index contributed by atoms with van der Waals surface area (Å²) < 4.78 is 6.05. The van der Waals surface area contributed by atoms with Crippen LogP contribution >= 0.6 is 23.1 Å². The molecule has 2 aliphatic heterocycles. The lowest BCUT2D eigenvalue weighted by atomic mass is 10.0. The Morgan fingerprint density at radius 2 is 1.85 bits per heavy atom. The van der Waals surface area contributed by atoms with Gasteiger partial charge < -0.3 is 15.0 Å². The number of likely N-dealkylation sites (tertiary alicyclic amines) is 1. The Morgan fingerprint density at radius 3 is 2.62 bits per heavy atom. The largest absolute Gasteiger partial charge is 0.491 e. The van der Waals surface area contributed by atoms with Gasteiger partial charge in [0.05, 0.1) is 11.9 Å². The third-order valence-electron chi connectivity index (χ3n) is 7.28. The molecule has 2 aromatic heterocycles. The maximum atomic E-state index is 12.6. The van der Waals surface area contributed by atoms with Crippen molar-refractivity contribution in [2.45, 2.75) is 63.5 Å². The molecule has 0 aliphatic carbocycles. The van der Waals surface area contributed by atoms with Gasteiger partial charge >= 0.3 is 0 Å². The summed E-state index contributed by atoms with van der Waals surface area (Å²) in [5.41, 5.74) is 1.24. The number of piperidine rings is 1. The molecule has 5 rings (SSSR count). The number of thioether (sulfide) groups is 1. The highest BCUT2D eigenvalue weighted by Crippen LogP contribution is 2.34. The number of anilines is 3. The number of nitrogens with zero attached hydrogens (tertiary/aromatic N) is 6. The summed E-state index contributed by atoms with van der Waals surface area (Å²) in [5.74, 6) is 2.25. The van der Waals surface area contributed by atoms with Crippen LogP contribution in [0.4, 0.5) is 16.1 Å². The Kier molecular flexibility index (Phi) is 9.71. The molecule has 214 valence electrons. The molecule has 12 heteroatoms. The number of benzene rings is 1. The molecule has 10 nitrogen and oxygen atoms in total. The molecular weight excluding hydrogens is 544 g/mol. The number of nitrogens with one attached hydrogen (secondary N) is 2. The average molecular weight is 583 g/mol. The van der Waals surface area contributed by atoms with Gasteiger partial charge in [-0.05, 0) is 71.3 Å². The zero-order valence-electron chi connectivity index (χ0n) is 23.3. The minimum absolute atomic E-state index is 0.0297. The minimum atomic E-state index is -0.0297. The van der Waals surface area contributed by atoms with Crippen molar-refractivity contribution in [3.8, 4) is 5.75 Å². The van der Waals surface area contributed by atoms with Crippen LogP contribution in [0.15, 0.2) is 42.6 Å². The predicted molar refractivity (Wildman–Crippen MR) is 162 cm³/mol. The molecule has 4 heterocycles. The van der Waals surface area contributed by atoms with Gasteiger partial charge in [-0.15, -0.1) is 27.1 Å². The van der Waals surface area contributed by atoms with Crippen molar-refractivity contribution in [2.24, 2.45) is 0 Å². The van der Waals surface area contributed by atoms with E-state index in [-0.39, 0.29) is 18.1 Å². The van der Waals surface area contributed by atoms with E-state index in [1.165, 1.54) is 16.9 Å². The fourth-order valence-corrected chi connectivity index (χ4v) is 6.96. The van der Waals surface area contributed by atoms with Crippen molar-refractivity contribution >= 4 is 45.1 Å². The van der Waals surface area contributed by atoms with E-state index in [9.17, 15) is 4.79 Å². The molecule has 1 amide bonds. The van der Waals surface area contributed by atoms with Crippen LogP contribution in [0.1, 0.15) is 51.6 Å². The quantitative estimate of drug-likeness (QED) is 0.330. The van der Waals surface area contributed by atoms with Gasteiger partial charge in [-0.2, -0.15) is 5.10 Å². The van der Waals surface area contributed by atoms with E-state index < -0.39 is 0 Å². The van der Waals surface area contributed by atoms with Gasteiger partial charge in [-0.1, -0.05) is 29.5 Å². The Morgan fingerprint density at radius 1 is 1.05 bits per heavy atom. The number of aromatic nitrogens is 4. The van der Waals surface area contributed by atoms with Crippen molar-refractivity contribution in [3.63, 3.8) is 0 Å². The van der Waals surface area contributed by atoms with E-state index in [0.29, 0.717) is 22.2 Å². The summed E-state index contributed by atoms with van der Waals surface area (Å²) in [5, 5.41) is 24.6. The van der Waals surface area contributed by atoms with Gasteiger partial charge in [0, 0.05) is 42.2 Å². The van der Waals surface area contributed by atoms with Crippen LogP contribution < -0.4 is 20.3 Å². The minimum Gasteiger partial charge on any atom is -0.491 e. The van der Waals surface area contributed by atoms with Crippen molar-refractivity contribution < 1.29 is 9.53 Å². The van der Waals surface area contributed by atoms with Crippen molar-refractivity contribution in [2.75, 3.05) is 47.5 Å². The molecule has 2 fully saturated rings. The summed E-state index contributed by atoms with van der Waals surface area (Å²) >= 11 is 3.11. The number of para-hydroxylation sites is 1. The zero-order chi connectivity index (χ0) is 27.9. The van der Waals surface area contributed by atoms with Gasteiger partial charge in [-0.25, -0.2) is 0 Å². The first kappa shape index (κ1) is 28.6. The fraction of sp³-hybridized carbons (Fsp3) is 0.536. The number of carbonyl (C=O) groups excluding carboxylic acids is 1. The first-order valence-electron chi connectivity index (χ1n) is 14.0. The van der Waals surface area contributed by atoms with Crippen LogP contribution in [-0.4, -0.2) is 80.5 Å². The van der Waals surface area contributed by atoms with Gasteiger partial charge in [0.2, 0.25) is 16.2 Å². The fourth-order valence-electron chi connectivity index (χ4n) is 5.22. The first-order valence-corrected chi connectivity index (χ1v) is 15.8. The monoisotopic (exact) mass is 582 g/mol.